The van der Waals surface area contributed by atoms with Crippen molar-refractivity contribution < 1.29 is 28.5 Å². The third-order valence-electron chi connectivity index (χ3n) is 5.96. The Morgan fingerprint density at radius 1 is 1.40 bits per heavy atom. The first-order valence-electron chi connectivity index (χ1n) is 9.01. The van der Waals surface area contributed by atoms with Crippen molar-refractivity contribution in [1.29, 1.82) is 0 Å². The van der Waals surface area contributed by atoms with Gasteiger partial charge in [0.2, 0.25) is 12.2 Å². The molecule has 0 aromatic heterocycles. The molecule has 4 aliphatic heterocycles. The Hall–Kier alpha value is -0.890. The van der Waals surface area contributed by atoms with E-state index in [1.165, 1.54) is 12.8 Å². The number of halogens is 1. The maximum absolute atomic E-state index is 12.1. The van der Waals surface area contributed by atoms with Crippen LogP contribution in [0.15, 0.2) is 0 Å². The molecule has 0 saturated carbocycles. The predicted molar refractivity (Wildman–Crippen MR) is 87.2 cm³/mol. The maximum atomic E-state index is 12.1. The van der Waals surface area contributed by atoms with E-state index >= 15 is 0 Å². The lowest BCUT2D eigenvalue weighted by Crippen LogP contribution is -2.62. The Balaban J connectivity index is 1.49. The summed E-state index contributed by atoms with van der Waals surface area (Å²) < 4.78 is 23.2. The van der Waals surface area contributed by atoms with Crippen LogP contribution in [-0.4, -0.2) is 65.1 Å². The van der Waals surface area contributed by atoms with Crippen LogP contribution < -0.4 is 0 Å². The first kappa shape index (κ1) is 17.5. The SMILES string of the molecule is CCCCCC1OC1[C@@]1(C)O[C@@H]2OC(=O)N(C(=O)CCl)[C@@H]2C[C@]12CO2. The molecule has 7 nitrogen and oxygen atoms in total. The standard InChI is InChI=1S/C17H24ClNO6/c1-3-4-5-6-11-13(23-11)16(2)17(9-22-17)7-10-14(25-16)24-15(21)19(10)12(20)8-18/h10-11,13-14H,3-9H2,1-2H3/t10-,11?,13?,14+,16-,17+/m1/s1. The van der Waals surface area contributed by atoms with Crippen molar-refractivity contribution in [3.63, 3.8) is 0 Å². The zero-order chi connectivity index (χ0) is 17.8. The Morgan fingerprint density at radius 2 is 2.16 bits per heavy atom. The summed E-state index contributed by atoms with van der Waals surface area (Å²) in [7, 11) is 0. The van der Waals surface area contributed by atoms with Gasteiger partial charge in [-0.05, 0) is 13.3 Å². The van der Waals surface area contributed by atoms with Gasteiger partial charge in [0.05, 0.1) is 12.7 Å². The molecule has 0 N–H and O–H groups in total. The number of carbonyl (C=O) groups excluding carboxylic acids is 2. The summed E-state index contributed by atoms with van der Waals surface area (Å²) in [5, 5.41) is 0. The second kappa shape index (κ2) is 6.08. The Morgan fingerprint density at radius 3 is 2.80 bits per heavy atom. The summed E-state index contributed by atoms with van der Waals surface area (Å²) in [6.07, 6.45) is 3.57. The first-order valence-corrected chi connectivity index (χ1v) is 9.55. The summed E-state index contributed by atoms with van der Waals surface area (Å²) in [5.74, 6) is -0.739. The minimum Gasteiger partial charge on any atom is -0.417 e. The molecular formula is C17H24ClNO6. The number of nitrogens with zero attached hydrogens (tertiary/aromatic N) is 1. The number of carbonyl (C=O) groups is 2. The van der Waals surface area contributed by atoms with Gasteiger partial charge in [0.15, 0.2) is 0 Å². The highest BCUT2D eigenvalue weighted by atomic mass is 35.5. The first-order chi connectivity index (χ1) is 12.0. The van der Waals surface area contributed by atoms with Gasteiger partial charge in [-0.25, -0.2) is 9.69 Å². The number of fused-ring (bicyclic) bond motifs is 1. The van der Waals surface area contributed by atoms with Crippen LogP contribution in [0.1, 0.15) is 46.0 Å². The monoisotopic (exact) mass is 373 g/mol. The quantitative estimate of drug-likeness (QED) is 0.403. The Kier molecular flexibility index (Phi) is 4.26. The Labute approximate surface area is 151 Å². The molecule has 0 aliphatic carbocycles. The van der Waals surface area contributed by atoms with Crippen LogP contribution >= 0.6 is 11.6 Å². The molecule has 6 atom stereocenters. The van der Waals surface area contributed by atoms with E-state index in [2.05, 4.69) is 6.92 Å². The molecule has 0 aromatic carbocycles. The van der Waals surface area contributed by atoms with E-state index in [-0.39, 0.29) is 18.1 Å². The smallest absolute Gasteiger partial charge is 0.417 e. The lowest BCUT2D eigenvalue weighted by molar-refractivity contribution is -0.238. The van der Waals surface area contributed by atoms with E-state index < -0.39 is 35.5 Å². The van der Waals surface area contributed by atoms with Crippen LogP contribution in [-0.2, 0) is 23.7 Å². The van der Waals surface area contributed by atoms with Crippen molar-refractivity contribution in [1.82, 2.24) is 4.90 Å². The summed E-state index contributed by atoms with van der Waals surface area (Å²) >= 11 is 5.62. The molecule has 8 heteroatoms. The average Bonchev–Trinajstić information content (AvgIpc) is 3.48. The molecule has 0 radical (unpaired) electrons. The van der Waals surface area contributed by atoms with Gasteiger partial charge in [0.1, 0.15) is 29.2 Å². The van der Waals surface area contributed by atoms with Crippen LogP contribution in [0.3, 0.4) is 0 Å². The molecule has 4 saturated heterocycles. The number of epoxide rings is 2. The summed E-state index contributed by atoms with van der Waals surface area (Å²) in [6, 6.07) is -0.494. The maximum Gasteiger partial charge on any atom is 0.419 e. The third kappa shape index (κ3) is 2.67. The molecule has 2 unspecified atom stereocenters. The summed E-state index contributed by atoms with van der Waals surface area (Å²) in [6.45, 7) is 4.68. The lowest BCUT2D eigenvalue weighted by atomic mass is 9.77. The van der Waals surface area contributed by atoms with E-state index in [4.69, 9.17) is 30.5 Å². The molecule has 140 valence electrons. The number of imide groups is 1. The van der Waals surface area contributed by atoms with Gasteiger partial charge in [-0.2, -0.15) is 0 Å². The van der Waals surface area contributed by atoms with E-state index in [1.54, 1.807) is 0 Å². The molecule has 4 heterocycles. The van der Waals surface area contributed by atoms with Gasteiger partial charge < -0.3 is 18.9 Å². The molecule has 4 aliphatic rings. The molecule has 2 amide bonds. The number of ether oxygens (including phenoxy) is 4. The molecule has 25 heavy (non-hydrogen) atoms. The fourth-order valence-corrected chi connectivity index (χ4v) is 4.41. The zero-order valence-corrected chi connectivity index (χ0v) is 15.3. The van der Waals surface area contributed by atoms with Gasteiger partial charge in [-0.1, -0.05) is 26.2 Å². The molecular weight excluding hydrogens is 350 g/mol. The highest BCUT2D eigenvalue weighted by molar-refractivity contribution is 6.28. The Bertz CT molecular complexity index is 581. The van der Waals surface area contributed by atoms with Crippen LogP contribution in [0.4, 0.5) is 4.79 Å². The fourth-order valence-electron chi connectivity index (χ4n) is 4.28. The van der Waals surface area contributed by atoms with Gasteiger partial charge in [0.25, 0.3) is 0 Å². The number of hydrogen-bond acceptors (Lipinski definition) is 6. The molecule has 1 spiro atoms. The lowest BCUT2D eigenvalue weighted by Gasteiger charge is -2.43. The number of unbranched alkanes of at least 4 members (excludes halogenated alkanes) is 2. The molecule has 0 aromatic rings. The van der Waals surface area contributed by atoms with Gasteiger partial charge in [-0.15, -0.1) is 11.6 Å². The number of rotatable bonds is 6. The van der Waals surface area contributed by atoms with Crippen molar-refractivity contribution >= 4 is 23.6 Å². The average molecular weight is 374 g/mol. The number of alkyl halides is 1. The second-order valence-electron chi connectivity index (χ2n) is 7.52. The minimum absolute atomic E-state index is 0.0655. The van der Waals surface area contributed by atoms with Crippen LogP contribution in [0.25, 0.3) is 0 Å². The number of amides is 2. The highest BCUT2D eigenvalue weighted by Crippen LogP contribution is 2.57. The van der Waals surface area contributed by atoms with Gasteiger partial charge >= 0.3 is 6.09 Å². The minimum atomic E-state index is -0.792. The van der Waals surface area contributed by atoms with E-state index in [0.717, 1.165) is 17.7 Å². The van der Waals surface area contributed by atoms with Gasteiger partial charge in [-0.3, -0.25) is 4.79 Å². The summed E-state index contributed by atoms with van der Waals surface area (Å²) in [4.78, 5) is 25.1. The second-order valence-corrected chi connectivity index (χ2v) is 7.79. The van der Waals surface area contributed by atoms with Crippen LogP contribution in [0.2, 0.25) is 0 Å². The largest absolute Gasteiger partial charge is 0.419 e. The molecule has 4 fully saturated rings. The molecule has 0 bridgehead atoms. The number of hydrogen-bond donors (Lipinski definition) is 0. The van der Waals surface area contributed by atoms with E-state index in [1.807, 2.05) is 6.92 Å². The fraction of sp³-hybridized carbons (Fsp3) is 0.882. The summed E-state index contributed by atoms with van der Waals surface area (Å²) in [5.41, 5.74) is -1.21. The topological polar surface area (TPSA) is 80.9 Å². The van der Waals surface area contributed by atoms with Gasteiger partial charge in [0, 0.05) is 6.42 Å². The van der Waals surface area contributed by atoms with Crippen molar-refractivity contribution in [2.75, 3.05) is 12.5 Å². The van der Waals surface area contributed by atoms with Crippen LogP contribution in [0, 0.1) is 0 Å². The van der Waals surface area contributed by atoms with Crippen molar-refractivity contribution in [3.05, 3.63) is 0 Å². The van der Waals surface area contributed by atoms with Crippen molar-refractivity contribution in [2.45, 2.75) is 81.7 Å². The van der Waals surface area contributed by atoms with Crippen molar-refractivity contribution in [2.24, 2.45) is 0 Å². The zero-order valence-electron chi connectivity index (χ0n) is 14.5. The predicted octanol–water partition coefficient (Wildman–Crippen LogP) is 2.19. The third-order valence-corrected chi connectivity index (χ3v) is 6.19. The molecule has 4 rings (SSSR count). The van der Waals surface area contributed by atoms with E-state index in [0.29, 0.717) is 13.0 Å². The van der Waals surface area contributed by atoms with Crippen molar-refractivity contribution in [3.8, 4) is 0 Å². The highest BCUT2D eigenvalue weighted by Gasteiger charge is 2.75. The van der Waals surface area contributed by atoms with Crippen LogP contribution in [0.5, 0.6) is 0 Å². The normalized spacial score (nSPS) is 44.6. The van der Waals surface area contributed by atoms with E-state index in [9.17, 15) is 9.59 Å².